The molecule has 4 rings (SSSR count). The minimum Gasteiger partial charge on any atom is -0.352 e. The van der Waals surface area contributed by atoms with Gasteiger partial charge in [-0.1, -0.05) is 13.3 Å². The summed E-state index contributed by atoms with van der Waals surface area (Å²) in [7, 11) is 1.97. The number of nitrogens with two attached hydrogens (primary N) is 1. The third-order valence-electron chi connectivity index (χ3n) is 5.74. The van der Waals surface area contributed by atoms with Crippen LogP contribution in [0.5, 0.6) is 0 Å². The van der Waals surface area contributed by atoms with Crippen LogP contribution in [0, 0.1) is 0 Å². The van der Waals surface area contributed by atoms with E-state index >= 15 is 0 Å². The third-order valence-corrected chi connectivity index (χ3v) is 6.45. The summed E-state index contributed by atoms with van der Waals surface area (Å²) in [4.78, 5) is 21.0. The average Bonchev–Trinajstić information content (AvgIpc) is 3.55. The molecular weight excluding hydrogens is 446 g/mol. The van der Waals surface area contributed by atoms with Crippen molar-refractivity contribution in [3.8, 4) is 11.4 Å². The van der Waals surface area contributed by atoms with E-state index in [1.54, 1.807) is 17.5 Å². The molecule has 0 saturated heterocycles. The van der Waals surface area contributed by atoms with E-state index in [1.807, 2.05) is 31.7 Å². The van der Waals surface area contributed by atoms with E-state index in [-0.39, 0.29) is 6.04 Å². The van der Waals surface area contributed by atoms with Crippen LogP contribution < -0.4 is 21.3 Å². The predicted octanol–water partition coefficient (Wildman–Crippen LogP) is 3.58. The molecule has 0 saturated carbocycles. The molecule has 0 amide bonds. The largest absolute Gasteiger partial charge is 0.352 e. The summed E-state index contributed by atoms with van der Waals surface area (Å²) in [6.07, 6.45) is 10.4. The van der Waals surface area contributed by atoms with Gasteiger partial charge in [0.1, 0.15) is 0 Å². The molecule has 9 nitrogen and oxygen atoms in total. The number of nitrogens with one attached hydrogen (secondary N) is 2. The number of hydrogen-bond donors (Lipinski definition) is 3. The van der Waals surface area contributed by atoms with Crippen LogP contribution in [0.2, 0.25) is 0 Å². The highest BCUT2D eigenvalue weighted by Crippen LogP contribution is 2.26. The molecule has 0 bridgehead atoms. The van der Waals surface area contributed by atoms with Gasteiger partial charge in [-0.25, -0.2) is 19.9 Å². The molecule has 0 aliphatic heterocycles. The molecule has 0 aromatic carbocycles. The van der Waals surface area contributed by atoms with E-state index in [9.17, 15) is 0 Å². The first-order valence-electron chi connectivity index (χ1n) is 11.8. The van der Waals surface area contributed by atoms with Crippen LogP contribution in [0.3, 0.4) is 0 Å². The van der Waals surface area contributed by atoms with Crippen molar-refractivity contribution in [3.05, 3.63) is 53.2 Å². The first-order valence-corrected chi connectivity index (χ1v) is 12.7. The van der Waals surface area contributed by atoms with Crippen LogP contribution in [0.15, 0.2) is 47.7 Å². The zero-order valence-corrected chi connectivity index (χ0v) is 20.6. The highest BCUT2D eigenvalue weighted by Gasteiger charge is 2.17. The van der Waals surface area contributed by atoms with Crippen LogP contribution in [-0.2, 0) is 0 Å². The molecule has 180 valence electrons. The minimum absolute atomic E-state index is 0.0730. The van der Waals surface area contributed by atoms with Gasteiger partial charge in [-0.2, -0.15) is 11.3 Å². The van der Waals surface area contributed by atoms with E-state index in [1.165, 1.54) is 5.56 Å². The lowest BCUT2D eigenvalue weighted by Gasteiger charge is -2.23. The van der Waals surface area contributed by atoms with Gasteiger partial charge in [-0.15, -0.1) is 0 Å². The Balaban J connectivity index is 1.64. The molecule has 0 radical (unpaired) electrons. The fraction of sp³-hybridized carbons (Fsp3) is 0.417. The zero-order valence-electron chi connectivity index (χ0n) is 19.8. The normalized spacial score (nSPS) is 12.2. The topological polar surface area (TPSA) is 109 Å². The Morgan fingerprint density at radius 1 is 1.18 bits per heavy atom. The van der Waals surface area contributed by atoms with E-state index in [4.69, 9.17) is 15.7 Å². The number of fused-ring (bicyclic) bond motifs is 1. The van der Waals surface area contributed by atoms with Crippen molar-refractivity contribution in [2.45, 2.75) is 32.2 Å². The van der Waals surface area contributed by atoms with Crippen molar-refractivity contribution in [2.75, 3.05) is 43.4 Å². The number of rotatable bonds is 13. The molecular formula is C24H33N9S. The van der Waals surface area contributed by atoms with Crippen molar-refractivity contribution >= 4 is 28.8 Å². The molecule has 34 heavy (non-hydrogen) atoms. The summed E-state index contributed by atoms with van der Waals surface area (Å²) in [5.74, 6) is 1.47. The zero-order chi connectivity index (χ0) is 23.8. The van der Waals surface area contributed by atoms with Crippen LogP contribution in [0.1, 0.15) is 37.8 Å². The van der Waals surface area contributed by atoms with Crippen LogP contribution >= 0.6 is 11.3 Å². The van der Waals surface area contributed by atoms with Gasteiger partial charge in [-0.3, -0.25) is 4.40 Å². The lowest BCUT2D eigenvalue weighted by molar-refractivity contribution is 0.677. The average molecular weight is 480 g/mol. The van der Waals surface area contributed by atoms with Crippen molar-refractivity contribution in [3.63, 3.8) is 0 Å². The molecule has 10 heteroatoms. The van der Waals surface area contributed by atoms with Gasteiger partial charge >= 0.3 is 0 Å². The van der Waals surface area contributed by atoms with E-state index in [0.29, 0.717) is 12.5 Å². The monoisotopic (exact) mass is 479 g/mol. The van der Waals surface area contributed by atoms with Crippen LogP contribution in [0.25, 0.3) is 17.0 Å². The first-order chi connectivity index (χ1) is 16.7. The van der Waals surface area contributed by atoms with Crippen molar-refractivity contribution < 1.29 is 0 Å². The van der Waals surface area contributed by atoms with Crippen molar-refractivity contribution in [1.82, 2.24) is 29.7 Å². The Kier molecular flexibility index (Phi) is 8.40. The third kappa shape index (κ3) is 5.52. The van der Waals surface area contributed by atoms with Gasteiger partial charge in [0.25, 0.3) is 0 Å². The van der Waals surface area contributed by atoms with E-state index in [2.05, 4.69) is 53.7 Å². The predicted molar refractivity (Wildman–Crippen MR) is 139 cm³/mol. The lowest BCUT2D eigenvalue weighted by Crippen LogP contribution is -2.32. The highest BCUT2D eigenvalue weighted by atomic mass is 32.1. The van der Waals surface area contributed by atoms with E-state index in [0.717, 1.165) is 61.7 Å². The number of aromatic nitrogens is 5. The molecule has 0 spiro atoms. The summed E-state index contributed by atoms with van der Waals surface area (Å²) in [6, 6.07) is 4.09. The standard InChI is InChI=1S/C24H33N9S/c1-3-4-12-32(13-10-26-2)22-23-29-16-21(33(23)14-11-27-22)20-6-9-28-24(31-20)30-19(5-8-25)18-7-15-34-17-18/h6-7,9,11,14-17,19,26H,3-5,8,10,12-13,25H2,1-2H3,(H,28,30,31). The maximum atomic E-state index is 5.85. The van der Waals surface area contributed by atoms with Gasteiger partial charge in [-0.05, 0) is 54.9 Å². The fourth-order valence-corrected chi connectivity index (χ4v) is 4.64. The number of hydrogen-bond acceptors (Lipinski definition) is 9. The molecule has 0 aliphatic carbocycles. The highest BCUT2D eigenvalue weighted by molar-refractivity contribution is 7.08. The Bertz CT molecular complexity index is 1150. The summed E-state index contributed by atoms with van der Waals surface area (Å²) in [6.45, 7) is 5.49. The molecule has 4 aromatic rings. The summed E-state index contributed by atoms with van der Waals surface area (Å²) >= 11 is 1.67. The number of imidazole rings is 1. The molecule has 4 heterocycles. The maximum Gasteiger partial charge on any atom is 0.223 e. The first kappa shape index (κ1) is 24.1. The number of anilines is 2. The van der Waals surface area contributed by atoms with Crippen LogP contribution in [-0.4, -0.2) is 57.6 Å². The van der Waals surface area contributed by atoms with Gasteiger partial charge in [0.2, 0.25) is 5.95 Å². The van der Waals surface area contributed by atoms with Gasteiger partial charge in [0.15, 0.2) is 11.5 Å². The van der Waals surface area contributed by atoms with Gasteiger partial charge < -0.3 is 21.3 Å². The molecule has 4 aromatic heterocycles. The molecule has 1 unspecified atom stereocenters. The summed E-state index contributed by atoms with van der Waals surface area (Å²) in [5, 5.41) is 10.9. The Morgan fingerprint density at radius 3 is 2.85 bits per heavy atom. The van der Waals surface area contributed by atoms with Crippen molar-refractivity contribution in [2.24, 2.45) is 5.73 Å². The maximum absolute atomic E-state index is 5.85. The second-order valence-corrected chi connectivity index (χ2v) is 8.91. The minimum atomic E-state index is 0.0730. The van der Waals surface area contributed by atoms with Gasteiger partial charge in [0.05, 0.1) is 23.6 Å². The molecule has 0 aliphatic rings. The number of thiophene rings is 1. The van der Waals surface area contributed by atoms with Gasteiger partial charge in [0, 0.05) is 38.2 Å². The van der Waals surface area contributed by atoms with E-state index < -0.39 is 0 Å². The summed E-state index contributed by atoms with van der Waals surface area (Å²) < 4.78 is 2.06. The Labute approximate surface area is 204 Å². The number of unbranched alkanes of at least 4 members (excludes halogenated alkanes) is 1. The quantitative estimate of drug-likeness (QED) is 0.267. The summed E-state index contributed by atoms with van der Waals surface area (Å²) in [5.41, 5.74) is 9.59. The number of nitrogens with zero attached hydrogens (tertiary/aromatic N) is 6. The molecule has 1 atom stereocenters. The number of likely N-dealkylation sites (N-methyl/N-ethyl adjacent to an activating group) is 1. The Hall–Kier alpha value is -3.08. The SMILES string of the molecule is CCCCN(CCNC)c1nccn2c(-c3ccnc(NC(CCN)c4ccsc4)n3)cnc12. The fourth-order valence-electron chi connectivity index (χ4n) is 3.93. The second kappa shape index (κ2) is 11.9. The van der Waals surface area contributed by atoms with Crippen molar-refractivity contribution in [1.29, 1.82) is 0 Å². The Morgan fingerprint density at radius 2 is 2.09 bits per heavy atom. The lowest BCUT2D eigenvalue weighted by atomic mass is 10.1. The van der Waals surface area contributed by atoms with Crippen LogP contribution in [0.4, 0.5) is 11.8 Å². The molecule has 0 fully saturated rings. The smallest absolute Gasteiger partial charge is 0.223 e. The second-order valence-electron chi connectivity index (χ2n) is 8.13. The molecule has 4 N–H and O–H groups in total.